The van der Waals surface area contributed by atoms with Crippen molar-refractivity contribution in [2.45, 2.75) is 38.3 Å². The molecule has 2 rings (SSSR count). The zero-order chi connectivity index (χ0) is 12.8. The number of hydrogen-bond acceptors (Lipinski definition) is 4. The van der Waals surface area contributed by atoms with Crippen LogP contribution in [0.5, 0.6) is 0 Å². The molecule has 0 aliphatic carbocycles. The highest BCUT2D eigenvalue weighted by atomic mass is 32.1. The summed E-state index contributed by atoms with van der Waals surface area (Å²) in [5, 5.41) is 4.35. The van der Waals surface area contributed by atoms with Gasteiger partial charge in [-0.15, -0.1) is 0 Å². The molecule has 1 aliphatic rings. The molecule has 2 atom stereocenters. The van der Waals surface area contributed by atoms with Gasteiger partial charge in [-0.2, -0.15) is 11.3 Å². The van der Waals surface area contributed by atoms with Gasteiger partial charge >= 0.3 is 0 Å². The van der Waals surface area contributed by atoms with E-state index in [0.717, 1.165) is 26.1 Å². The van der Waals surface area contributed by atoms with Crippen LogP contribution < -0.4 is 5.73 Å². The van der Waals surface area contributed by atoms with Crippen molar-refractivity contribution in [1.29, 1.82) is 0 Å². The van der Waals surface area contributed by atoms with Gasteiger partial charge in [0.25, 0.3) is 0 Å². The Kier molecular flexibility index (Phi) is 5.63. The summed E-state index contributed by atoms with van der Waals surface area (Å²) in [5.74, 6) is 0. The number of likely N-dealkylation sites (tertiary alicyclic amines) is 1. The molecule has 1 aliphatic heterocycles. The third-order valence-corrected chi connectivity index (χ3v) is 4.26. The summed E-state index contributed by atoms with van der Waals surface area (Å²) in [6.07, 6.45) is 3.90. The Morgan fingerprint density at radius 1 is 1.61 bits per heavy atom. The molecule has 1 aromatic heterocycles. The maximum absolute atomic E-state index is 5.96. The summed E-state index contributed by atoms with van der Waals surface area (Å²) in [7, 11) is 0. The number of rotatable bonds is 6. The first-order valence-corrected chi connectivity index (χ1v) is 7.87. The SMILES string of the molecule is CCCOC1CCCN(C(CN)c2ccsc2)C1. The Bertz CT molecular complexity index is 329. The number of nitrogens with zero attached hydrogens (tertiary/aromatic N) is 1. The fraction of sp³-hybridized carbons (Fsp3) is 0.714. The number of piperidine rings is 1. The molecule has 0 saturated carbocycles. The van der Waals surface area contributed by atoms with Crippen LogP contribution in [0.3, 0.4) is 0 Å². The smallest absolute Gasteiger partial charge is 0.0702 e. The molecule has 2 heterocycles. The van der Waals surface area contributed by atoms with Crippen LogP contribution in [0, 0.1) is 0 Å². The number of ether oxygens (including phenoxy) is 1. The van der Waals surface area contributed by atoms with Gasteiger partial charge in [-0.25, -0.2) is 0 Å². The van der Waals surface area contributed by atoms with Crippen LogP contribution in [0.4, 0.5) is 0 Å². The Labute approximate surface area is 114 Å². The van der Waals surface area contributed by atoms with Crippen molar-refractivity contribution in [2.75, 3.05) is 26.2 Å². The van der Waals surface area contributed by atoms with Crippen LogP contribution >= 0.6 is 11.3 Å². The van der Waals surface area contributed by atoms with E-state index in [9.17, 15) is 0 Å². The van der Waals surface area contributed by atoms with E-state index in [1.54, 1.807) is 11.3 Å². The van der Waals surface area contributed by atoms with Gasteiger partial charge in [-0.1, -0.05) is 6.92 Å². The largest absolute Gasteiger partial charge is 0.377 e. The summed E-state index contributed by atoms with van der Waals surface area (Å²) in [4.78, 5) is 2.49. The maximum atomic E-state index is 5.96. The van der Waals surface area contributed by atoms with Crippen molar-refractivity contribution in [3.8, 4) is 0 Å². The van der Waals surface area contributed by atoms with Crippen LogP contribution in [0.2, 0.25) is 0 Å². The summed E-state index contributed by atoms with van der Waals surface area (Å²) in [5.41, 5.74) is 7.32. The molecule has 3 nitrogen and oxygen atoms in total. The van der Waals surface area contributed by atoms with Crippen LogP contribution in [0.25, 0.3) is 0 Å². The second-order valence-electron chi connectivity index (χ2n) is 4.94. The van der Waals surface area contributed by atoms with E-state index in [2.05, 4.69) is 28.7 Å². The molecule has 1 saturated heterocycles. The molecule has 1 fully saturated rings. The molecule has 0 spiro atoms. The fourth-order valence-corrected chi connectivity index (χ4v) is 3.34. The monoisotopic (exact) mass is 268 g/mol. The van der Waals surface area contributed by atoms with E-state index < -0.39 is 0 Å². The maximum Gasteiger partial charge on any atom is 0.0702 e. The van der Waals surface area contributed by atoms with E-state index in [0.29, 0.717) is 18.7 Å². The average Bonchev–Trinajstić information content (AvgIpc) is 2.92. The molecule has 0 bridgehead atoms. The van der Waals surface area contributed by atoms with Crippen molar-refractivity contribution >= 4 is 11.3 Å². The standard InChI is InChI=1S/C14H24N2OS/c1-2-7-17-13-4-3-6-16(10-13)14(9-15)12-5-8-18-11-12/h5,8,11,13-14H,2-4,6-7,9-10,15H2,1H3. The molecule has 2 unspecified atom stereocenters. The molecule has 1 aromatic rings. The summed E-state index contributed by atoms with van der Waals surface area (Å²) in [6.45, 7) is 5.90. The minimum absolute atomic E-state index is 0.365. The third kappa shape index (κ3) is 3.54. The quantitative estimate of drug-likeness (QED) is 0.862. The summed E-state index contributed by atoms with van der Waals surface area (Å²) >= 11 is 1.75. The normalized spacial score (nSPS) is 23.1. The summed E-state index contributed by atoms with van der Waals surface area (Å²) < 4.78 is 5.89. The lowest BCUT2D eigenvalue weighted by Crippen LogP contribution is -2.44. The topological polar surface area (TPSA) is 38.5 Å². The first-order valence-electron chi connectivity index (χ1n) is 6.93. The molecule has 2 N–H and O–H groups in total. The molecule has 102 valence electrons. The Morgan fingerprint density at radius 2 is 2.50 bits per heavy atom. The first-order chi connectivity index (χ1) is 8.85. The van der Waals surface area contributed by atoms with Crippen molar-refractivity contribution < 1.29 is 4.74 Å². The lowest BCUT2D eigenvalue weighted by molar-refractivity contribution is -0.0118. The zero-order valence-electron chi connectivity index (χ0n) is 11.2. The highest BCUT2D eigenvalue weighted by molar-refractivity contribution is 7.07. The van der Waals surface area contributed by atoms with Crippen LogP contribution in [-0.4, -0.2) is 37.2 Å². The summed E-state index contributed by atoms with van der Waals surface area (Å²) in [6, 6.07) is 2.56. The Morgan fingerprint density at radius 3 is 3.17 bits per heavy atom. The number of nitrogens with two attached hydrogens (primary N) is 1. The predicted octanol–water partition coefficient (Wildman–Crippen LogP) is 2.64. The van der Waals surface area contributed by atoms with E-state index in [1.807, 2.05) is 0 Å². The van der Waals surface area contributed by atoms with Gasteiger partial charge in [0.1, 0.15) is 0 Å². The highest BCUT2D eigenvalue weighted by Crippen LogP contribution is 2.26. The van der Waals surface area contributed by atoms with Crippen molar-refractivity contribution in [1.82, 2.24) is 4.90 Å². The fourth-order valence-electron chi connectivity index (χ4n) is 2.63. The molecular formula is C14H24N2OS. The lowest BCUT2D eigenvalue weighted by atomic mass is 10.0. The van der Waals surface area contributed by atoms with Gasteiger partial charge in [0.2, 0.25) is 0 Å². The minimum atomic E-state index is 0.365. The number of hydrogen-bond donors (Lipinski definition) is 1. The molecular weight excluding hydrogens is 244 g/mol. The van der Waals surface area contributed by atoms with Crippen molar-refractivity contribution in [3.05, 3.63) is 22.4 Å². The Balaban J connectivity index is 1.94. The highest BCUT2D eigenvalue weighted by Gasteiger charge is 2.26. The molecule has 0 amide bonds. The van der Waals surface area contributed by atoms with E-state index in [4.69, 9.17) is 10.5 Å². The van der Waals surface area contributed by atoms with Crippen LogP contribution in [0.1, 0.15) is 37.8 Å². The van der Waals surface area contributed by atoms with Gasteiger partial charge in [0.05, 0.1) is 6.10 Å². The second kappa shape index (κ2) is 7.24. The molecule has 4 heteroatoms. The molecule has 0 radical (unpaired) electrons. The van der Waals surface area contributed by atoms with Gasteiger partial charge in [0, 0.05) is 25.7 Å². The molecule has 0 aromatic carbocycles. The third-order valence-electron chi connectivity index (χ3n) is 3.56. The van der Waals surface area contributed by atoms with Crippen molar-refractivity contribution in [2.24, 2.45) is 5.73 Å². The average molecular weight is 268 g/mol. The minimum Gasteiger partial charge on any atom is -0.377 e. The molecule has 18 heavy (non-hydrogen) atoms. The van der Waals surface area contributed by atoms with Gasteiger partial charge < -0.3 is 10.5 Å². The number of thiophene rings is 1. The second-order valence-corrected chi connectivity index (χ2v) is 5.72. The van der Waals surface area contributed by atoms with E-state index >= 15 is 0 Å². The lowest BCUT2D eigenvalue weighted by Gasteiger charge is -2.37. The van der Waals surface area contributed by atoms with Gasteiger partial charge in [-0.05, 0) is 48.2 Å². The predicted molar refractivity (Wildman–Crippen MR) is 77.0 cm³/mol. The van der Waals surface area contributed by atoms with Crippen LogP contribution in [0.15, 0.2) is 16.8 Å². The zero-order valence-corrected chi connectivity index (χ0v) is 12.0. The first kappa shape index (κ1) is 14.0. The van der Waals surface area contributed by atoms with Crippen molar-refractivity contribution in [3.63, 3.8) is 0 Å². The van der Waals surface area contributed by atoms with Gasteiger partial charge in [0.15, 0.2) is 0 Å². The van der Waals surface area contributed by atoms with E-state index in [-0.39, 0.29) is 0 Å². The van der Waals surface area contributed by atoms with Gasteiger partial charge in [-0.3, -0.25) is 4.90 Å². The van der Waals surface area contributed by atoms with E-state index in [1.165, 1.54) is 18.4 Å². The Hall–Kier alpha value is -0.420. The van der Waals surface area contributed by atoms with Crippen LogP contribution in [-0.2, 0) is 4.74 Å².